The molecule has 2 heteroatoms. The number of hydrogen-bond donors (Lipinski definition) is 1. The fraction of sp³-hybridized carbons (Fsp3) is 0.333. The Hall–Kier alpha value is -1.12. The molecule has 0 radical (unpaired) electrons. The molecule has 2 aromatic carbocycles. The third-order valence-corrected chi connectivity index (χ3v) is 4.91. The van der Waals surface area contributed by atoms with Crippen LogP contribution in [0.25, 0.3) is 0 Å². The molecule has 1 N–H and O–H groups in total. The van der Waals surface area contributed by atoms with Gasteiger partial charge in [0, 0.05) is 16.6 Å². The van der Waals surface area contributed by atoms with Gasteiger partial charge in [-0.3, -0.25) is 0 Å². The van der Waals surface area contributed by atoms with Gasteiger partial charge >= 0.3 is 0 Å². The molecule has 0 aliphatic heterocycles. The van der Waals surface area contributed by atoms with Crippen LogP contribution in [0.4, 0.5) is 0 Å². The van der Waals surface area contributed by atoms with Crippen molar-refractivity contribution in [3.05, 3.63) is 69.7 Å². The lowest BCUT2D eigenvalue weighted by Crippen LogP contribution is -2.27. The van der Waals surface area contributed by atoms with Gasteiger partial charge in [0.05, 0.1) is 0 Å². The lowest BCUT2D eigenvalue weighted by molar-refractivity contribution is 0.415. The van der Waals surface area contributed by atoms with Gasteiger partial charge in [-0.15, -0.1) is 0 Å². The summed E-state index contributed by atoms with van der Waals surface area (Å²) >= 11 is 3.65. The Kier molecular flexibility index (Phi) is 4.23. The SMILES string of the molecule is C[C@@H](NC1CCCc2ccccc21)c1ccccc1Br. The number of halogens is 1. The molecule has 104 valence electrons. The van der Waals surface area contributed by atoms with E-state index in [1.165, 1.54) is 40.4 Å². The minimum Gasteiger partial charge on any atom is -0.303 e. The molecule has 1 aliphatic carbocycles. The van der Waals surface area contributed by atoms with Crippen LogP contribution in [0.2, 0.25) is 0 Å². The molecule has 0 saturated heterocycles. The predicted octanol–water partition coefficient (Wildman–Crippen LogP) is 5.18. The Bertz CT molecular complexity index is 593. The number of benzene rings is 2. The first-order valence-electron chi connectivity index (χ1n) is 7.34. The van der Waals surface area contributed by atoms with Crippen LogP contribution in [0.1, 0.15) is 48.5 Å². The van der Waals surface area contributed by atoms with Crippen LogP contribution in [-0.4, -0.2) is 0 Å². The van der Waals surface area contributed by atoms with E-state index < -0.39 is 0 Å². The quantitative estimate of drug-likeness (QED) is 0.818. The molecule has 1 unspecified atom stereocenters. The van der Waals surface area contributed by atoms with Gasteiger partial charge < -0.3 is 5.32 Å². The molecular weight excluding hydrogens is 310 g/mol. The lowest BCUT2D eigenvalue weighted by Gasteiger charge is -2.29. The maximum Gasteiger partial charge on any atom is 0.0328 e. The van der Waals surface area contributed by atoms with Gasteiger partial charge in [0.15, 0.2) is 0 Å². The van der Waals surface area contributed by atoms with Crippen LogP contribution in [0.3, 0.4) is 0 Å². The second kappa shape index (κ2) is 6.11. The van der Waals surface area contributed by atoms with Crippen molar-refractivity contribution < 1.29 is 0 Å². The second-order valence-electron chi connectivity index (χ2n) is 5.55. The molecule has 1 aliphatic rings. The summed E-state index contributed by atoms with van der Waals surface area (Å²) in [5, 5.41) is 3.80. The van der Waals surface area contributed by atoms with Gasteiger partial charge in [-0.25, -0.2) is 0 Å². The number of rotatable bonds is 3. The molecule has 3 rings (SSSR count). The largest absolute Gasteiger partial charge is 0.303 e. The Morgan fingerprint density at radius 2 is 1.85 bits per heavy atom. The van der Waals surface area contributed by atoms with Gasteiger partial charge in [0.25, 0.3) is 0 Å². The van der Waals surface area contributed by atoms with E-state index in [9.17, 15) is 0 Å². The van der Waals surface area contributed by atoms with Gasteiger partial charge in [0.2, 0.25) is 0 Å². The van der Waals surface area contributed by atoms with E-state index in [0.29, 0.717) is 12.1 Å². The number of nitrogens with one attached hydrogen (secondary N) is 1. The Balaban J connectivity index is 1.81. The molecule has 0 bridgehead atoms. The van der Waals surface area contributed by atoms with E-state index in [-0.39, 0.29) is 0 Å². The number of fused-ring (bicyclic) bond motifs is 1. The predicted molar refractivity (Wildman–Crippen MR) is 87.8 cm³/mol. The van der Waals surface area contributed by atoms with Gasteiger partial charge in [-0.2, -0.15) is 0 Å². The van der Waals surface area contributed by atoms with Crippen molar-refractivity contribution in [2.24, 2.45) is 0 Å². The summed E-state index contributed by atoms with van der Waals surface area (Å²) in [5.41, 5.74) is 4.32. The third-order valence-electron chi connectivity index (χ3n) is 4.19. The zero-order valence-electron chi connectivity index (χ0n) is 11.8. The maximum absolute atomic E-state index is 3.80. The van der Waals surface area contributed by atoms with Gasteiger partial charge in [0.1, 0.15) is 0 Å². The minimum atomic E-state index is 0.349. The van der Waals surface area contributed by atoms with Crippen molar-refractivity contribution in [1.82, 2.24) is 5.32 Å². The normalized spacial score (nSPS) is 19.4. The van der Waals surface area contributed by atoms with Gasteiger partial charge in [-0.1, -0.05) is 58.4 Å². The van der Waals surface area contributed by atoms with Crippen LogP contribution in [-0.2, 0) is 6.42 Å². The van der Waals surface area contributed by atoms with E-state index in [2.05, 4.69) is 76.7 Å². The monoisotopic (exact) mass is 329 g/mol. The average Bonchev–Trinajstić information content (AvgIpc) is 2.48. The van der Waals surface area contributed by atoms with Crippen LogP contribution in [0.15, 0.2) is 53.0 Å². The molecule has 20 heavy (non-hydrogen) atoms. The summed E-state index contributed by atoms with van der Waals surface area (Å²) in [6, 6.07) is 18.2. The molecular formula is C18H20BrN. The Morgan fingerprint density at radius 3 is 2.70 bits per heavy atom. The molecule has 2 aromatic rings. The maximum atomic E-state index is 3.80. The van der Waals surface area contributed by atoms with Crippen LogP contribution < -0.4 is 5.32 Å². The van der Waals surface area contributed by atoms with Crippen molar-refractivity contribution in [2.75, 3.05) is 0 Å². The fourth-order valence-electron chi connectivity index (χ4n) is 3.14. The lowest BCUT2D eigenvalue weighted by atomic mass is 9.87. The van der Waals surface area contributed by atoms with E-state index in [1.807, 2.05) is 0 Å². The second-order valence-corrected chi connectivity index (χ2v) is 6.41. The van der Waals surface area contributed by atoms with Crippen LogP contribution in [0, 0.1) is 0 Å². The van der Waals surface area contributed by atoms with E-state index in [1.54, 1.807) is 0 Å². The number of aryl methyl sites for hydroxylation is 1. The fourth-order valence-corrected chi connectivity index (χ4v) is 3.77. The van der Waals surface area contributed by atoms with E-state index >= 15 is 0 Å². The molecule has 0 saturated carbocycles. The van der Waals surface area contributed by atoms with E-state index in [4.69, 9.17) is 0 Å². The topological polar surface area (TPSA) is 12.0 Å². The summed E-state index contributed by atoms with van der Waals surface area (Å²) in [5.74, 6) is 0. The summed E-state index contributed by atoms with van der Waals surface area (Å²) in [6.45, 7) is 2.25. The summed E-state index contributed by atoms with van der Waals surface area (Å²) < 4.78 is 1.18. The van der Waals surface area contributed by atoms with Crippen molar-refractivity contribution in [3.8, 4) is 0 Å². The average molecular weight is 330 g/mol. The first-order valence-corrected chi connectivity index (χ1v) is 8.13. The molecule has 0 spiro atoms. The minimum absolute atomic E-state index is 0.349. The number of hydrogen-bond acceptors (Lipinski definition) is 1. The highest BCUT2D eigenvalue weighted by Crippen LogP contribution is 2.32. The van der Waals surface area contributed by atoms with Crippen molar-refractivity contribution in [3.63, 3.8) is 0 Å². The highest BCUT2D eigenvalue weighted by molar-refractivity contribution is 9.10. The summed E-state index contributed by atoms with van der Waals surface area (Å²) in [7, 11) is 0. The van der Waals surface area contributed by atoms with Gasteiger partial charge in [-0.05, 0) is 48.9 Å². The zero-order chi connectivity index (χ0) is 13.9. The van der Waals surface area contributed by atoms with Crippen LogP contribution in [0.5, 0.6) is 0 Å². The molecule has 0 aromatic heterocycles. The van der Waals surface area contributed by atoms with Crippen molar-refractivity contribution in [2.45, 2.75) is 38.3 Å². The molecule has 2 atom stereocenters. The summed E-state index contributed by atoms with van der Waals surface area (Å²) in [6.07, 6.45) is 3.72. The van der Waals surface area contributed by atoms with Crippen molar-refractivity contribution >= 4 is 15.9 Å². The summed E-state index contributed by atoms with van der Waals surface area (Å²) in [4.78, 5) is 0. The molecule has 0 heterocycles. The molecule has 1 nitrogen and oxygen atoms in total. The third kappa shape index (κ3) is 2.82. The zero-order valence-corrected chi connectivity index (χ0v) is 13.4. The first kappa shape index (κ1) is 13.8. The Morgan fingerprint density at radius 1 is 1.10 bits per heavy atom. The standard InChI is InChI=1S/C18H20BrN/c1-13(15-9-4-5-11-17(15)19)20-18-12-6-8-14-7-2-3-10-16(14)18/h2-5,7,9-11,13,18,20H,6,8,12H2,1H3/t13-,18?/m1/s1. The molecule has 0 amide bonds. The van der Waals surface area contributed by atoms with Crippen molar-refractivity contribution in [1.29, 1.82) is 0 Å². The smallest absolute Gasteiger partial charge is 0.0328 e. The molecule has 0 fully saturated rings. The Labute approximate surface area is 129 Å². The van der Waals surface area contributed by atoms with Crippen LogP contribution >= 0.6 is 15.9 Å². The highest BCUT2D eigenvalue weighted by Gasteiger charge is 2.21. The van der Waals surface area contributed by atoms with E-state index in [0.717, 1.165) is 0 Å². The first-order chi connectivity index (χ1) is 9.75. The highest BCUT2D eigenvalue weighted by atomic mass is 79.9.